The van der Waals surface area contributed by atoms with Crippen LogP contribution < -0.4 is 33.0 Å². The highest BCUT2D eigenvalue weighted by molar-refractivity contribution is 5.66. The van der Waals surface area contributed by atoms with Gasteiger partial charge in [0.1, 0.15) is 0 Å². The minimum Gasteiger partial charge on any atom is -0.481 e. The lowest BCUT2D eigenvalue weighted by molar-refractivity contribution is -0.137. The lowest BCUT2D eigenvalue weighted by atomic mass is 10.1. The van der Waals surface area contributed by atoms with Crippen molar-refractivity contribution in [3.63, 3.8) is 0 Å². The number of hydrazine groups is 5. The SMILES string of the molecule is O=C(O)CCCCCCCCCCOCCCOCCCCNNNNNNC(=O)O. The van der Waals surface area contributed by atoms with Gasteiger partial charge in [-0.1, -0.05) is 38.5 Å². The van der Waals surface area contributed by atoms with Crippen molar-refractivity contribution in [2.75, 3.05) is 33.0 Å². The summed E-state index contributed by atoms with van der Waals surface area (Å²) < 4.78 is 11.2. The number of amides is 1. The van der Waals surface area contributed by atoms with Crippen LogP contribution in [0.1, 0.15) is 77.0 Å². The molecule has 0 saturated carbocycles. The van der Waals surface area contributed by atoms with E-state index in [9.17, 15) is 9.59 Å². The molecule has 0 fully saturated rings. The monoisotopic (exact) mass is 450 g/mol. The number of nitrogens with one attached hydrogen (secondary N) is 6. The smallest absolute Gasteiger partial charge is 0.420 e. The van der Waals surface area contributed by atoms with Crippen molar-refractivity contribution >= 4 is 12.1 Å². The normalized spacial score (nSPS) is 11.0. The van der Waals surface area contributed by atoms with Crippen molar-refractivity contribution in [2.45, 2.75) is 77.0 Å². The first-order valence-corrected chi connectivity index (χ1v) is 11.2. The molecule has 0 aliphatic rings. The fourth-order valence-corrected chi connectivity index (χ4v) is 2.68. The molecule has 31 heavy (non-hydrogen) atoms. The molecule has 1 amide bonds. The van der Waals surface area contributed by atoms with Crippen LogP contribution in [0.2, 0.25) is 0 Å². The minimum atomic E-state index is -1.19. The number of carbonyl (C=O) groups is 2. The third-order valence-electron chi connectivity index (χ3n) is 4.29. The van der Waals surface area contributed by atoms with Gasteiger partial charge in [0.15, 0.2) is 0 Å². The Bertz CT molecular complexity index is 383. The van der Waals surface area contributed by atoms with E-state index in [2.05, 4.69) is 27.6 Å². The van der Waals surface area contributed by atoms with Crippen LogP contribution in [0.3, 0.4) is 0 Å². The number of ether oxygens (including phenoxy) is 2. The van der Waals surface area contributed by atoms with Crippen molar-refractivity contribution in [2.24, 2.45) is 0 Å². The molecule has 0 atom stereocenters. The zero-order chi connectivity index (χ0) is 22.8. The Labute approximate surface area is 185 Å². The van der Waals surface area contributed by atoms with Gasteiger partial charge in [-0.25, -0.2) is 15.6 Å². The predicted octanol–water partition coefficient (Wildman–Crippen LogP) is 1.58. The van der Waals surface area contributed by atoms with Crippen molar-refractivity contribution in [1.82, 2.24) is 33.0 Å². The van der Waals surface area contributed by atoms with E-state index in [-0.39, 0.29) is 0 Å². The second-order valence-corrected chi connectivity index (χ2v) is 7.11. The molecule has 12 nitrogen and oxygen atoms in total. The number of carboxylic acid groups (broad SMARTS) is 2. The van der Waals surface area contributed by atoms with E-state index in [1.54, 1.807) is 0 Å². The highest BCUT2D eigenvalue weighted by atomic mass is 16.5. The standard InChI is InChI=1S/C19H42N6O6/c26-18(27)12-7-5-3-1-2-4-6-9-14-30-16-11-17-31-15-10-8-13-20-22-24-25-23-21-19(28)29/h20-25H,1-17H2,(H,26,27)(H,28,29). The fraction of sp³-hybridized carbons (Fsp3) is 0.895. The lowest BCUT2D eigenvalue weighted by Gasteiger charge is -2.10. The molecule has 0 bridgehead atoms. The van der Waals surface area contributed by atoms with E-state index >= 15 is 0 Å². The molecule has 0 aliphatic carbocycles. The van der Waals surface area contributed by atoms with E-state index in [1.807, 2.05) is 5.43 Å². The predicted molar refractivity (Wildman–Crippen MR) is 116 cm³/mol. The van der Waals surface area contributed by atoms with Gasteiger partial charge < -0.3 is 19.7 Å². The van der Waals surface area contributed by atoms with Crippen LogP contribution in [0.25, 0.3) is 0 Å². The summed E-state index contributed by atoms with van der Waals surface area (Å²) in [6, 6.07) is 0. The highest BCUT2D eigenvalue weighted by Crippen LogP contribution is 2.09. The van der Waals surface area contributed by atoms with Crippen LogP contribution in [0.15, 0.2) is 0 Å². The lowest BCUT2D eigenvalue weighted by Crippen LogP contribution is -2.59. The Balaban J connectivity index is 3.02. The molecule has 0 rings (SSSR count). The first-order valence-electron chi connectivity index (χ1n) is 11.2. The first-order chi connectivity index (χ1) is 15.1. The van der Waals surface area contributed by atoms with Gasteiger partial charge in [0.05, 0.1) is 0 Å². The second-order valence-electron chi connectivity index (χ2n) is 7.11. The van der Waals surface area contributed by atoms with Gasteiger partial charge in [-0.15, -0.1) is 0 Å². The van der Waals surface area contributed by atoms with Crippen LogP contribution in [-0.4, -0.2) is 55.2 Å². The molecule has 0 spiro atoms. The maximum Gasteiger partial charge on any atom is 0.420 e. The molecule has 0 heterocycles. The van der Waals surface area contributed by atoms with Gasteiger partial charge in [-0.2, -0.15) is 22.1 Å². The molecule has 12 heteroatoms. The van der Waals surface area contributed by atoms with Crippen LogP contribution in [0, 0.1) is 0 Å². The van der Waals surface area contributed by atoms with Gasteiger partial charge in [-0.05, 0) is 32.1 Å². The summed E-state index contributed by atoms with van der Waals surface area (Å²) in [5.74, 6) is -0.694. The molecule has 8 N–H and O–H groups in total. The zero-order valence-corrected chi connectivity index (χ0v) is 18.5. The number of rotatable bonds is 25. The number of aliphatic carboxylic acids is 1. The number of hydrogen-bond acceptors (Lipinski definition) is 9. The quantitative estimate of drug-likeness (QED) is 0.0751. The van der Waals surface area contributed by atoms with E-state index in [0.29, 0.717) is 19.6 Å². The van der Waals surface area contributed by atoms with Crippen molar-refractivity contribution < 1.29 is 29.3 Å². The molecule has 0 aromatic heterocycles. The van der Waals surface area contributed by atoms with Crippen molar-refractivity contribution in [3.05, 3.63) is 0 Å². The van der Waals surface area contributed by atoms with E-state index in [4.69, 9.17) is 19.7 Å². The Morgan fingerprint density at radius 2 is 1.10 bits per heavy atom. The highest BCUT2D eigenvalue weighted by Gasteiger charge is 1.97. The summed E-state index contributed by atoms with van der Waals surface area (Å²) >= 11 is 0. The van der Waals surface area contributed by atoms with Gasteiger partial charge in [-0.3, -0.25) is 4.79 Å². The first kappa shape index (κ1) is 29.5. The molecular weight excluding hydrogens is 408 g/mol. The molecule has 184 valence electrons. The van der Waals surface area contributed by atoms with Crippen molar-refractivity contribution in [1.29, 1.82) is 0 Å². The summed E-state index contributed by atoms with van der Waals surface area (Å²) in [4.78, 5) is 20.5. The molecular formula is C19H42N6O6. The maximum absolute atomic E-state index is 10.4. The number of hydrogen-bond donors (Lipinski definition) is 8. The van der Waals surface area contributed by atoms with Crippen LogP contribution in [0.4, 0.5) is 4.79 Å². The van der Waals surface area contributed by atoms with E-state index in [1.165, 1.54) is 25.7 Å². The third-order valence-corrected chi connectivity index (χ3v) is 4.29. The summed E-state index contributed by atoms with van der Waals surface area (Å²) in [5, 5.41) is 16.9. The Morgan fingerprint density at radius 1 is 0.581 bits per heavy atom. The minimum absolute atomic E-state index is 0.296. The molecule has 0 saturated heterocycles. The molecule has 0 radical (unpaired) electrons. The average molecular weight is 451 g/mol. The summed E-state index contributed by atoms with van der Waals surface area (Å²) in [7, 11) is 0. The Hall–Kier alpha value is -1.54. The van der Waals surface area contributed by atoms with Crippen LogP contribution in [0.5, 0.6) is 0 Å². The van der Waals surface area contributed by atoms with Gasteiger partial charge in [0.25, 0.3) is 0 Å². The molecule has 0 aliphatic heterocycles. The summed E-state index contributed by atoms with van der Waals surface area (Å²) in [6.45, 7) is 3.70. The van der Waals surface area contributed by atoms with Gasteiger partial charge in [0.2, 0.25) is 0 Å². The Kier molecular flexibility index (Phi) is 23.5. The number of carboxylic acids is 1. The average Bonchev–Trinajstić information content (AvgIpc) is 2.73. The molecule has 0 unspecified atom stereocenters. The van der Waals surface area contributed by atoms with Crippen molar-refractivity contribution in [3.8, 4) is 0 Å². The number of unbranched alkanes of at least 4 members (excludes halogenated alkanes) is 8. The Morgan fingerprint density at radius 3 is 1.71 bits per heavy atom. The second kappa shape index (κ2) is 24.7. The van der Waals surface area contributed by atoms with E-state index < -0.39 is 12.1 Å². The van der Waals surface area contributed by atoms with Gasteiger partial charge >= 0.3 is 12.1 Å². The third kappa shape index (κ3) is 28.5. The maximum atomic E-state index is 10.4. The topological polar surface area (TPSA) is 165 Å². The largest absolute Gasteiger partial charge is 0.481 e. The summed E-state index contributed by atoms with van der Waals surface area (Å²) in [5.41, 5.74) is 14.5. The van der Waals surface area contributed by atoms with Crippen LogP contribution >= 0.6 is 0 Å². The molecule has 0 aromatic carbocycles. The fourth-order valence-electron chi connectivity index (χ4n) is 2.68. The van der Waals surface area contributed by atoms with Crippen LogP contribution in [-0.2, 0) is 14.3 Å². The van der Waals surface area contributed by atoms with Gasteiger partial charge in [0, 0.05) is 39.4 Å². The summed E-state index contributed by atoms with van der Waals surface area (Å²) in [6.07, 6.45) is 10.8. The zero-order valence-electron chi connectivity index (χ0n) is 18.5. The van der Waals surface area contributed by atoms with E-state index in [0.717, 1.165) is 64.7 Å². The molecule has 0 aromatic rings.